The lowest BCUT2D eigenvalue weighted by atomic mass is 10.1. The summed E-state index contributed by atoms with van der Waals surface area (Å²) >= 11 is 1.62. The molecular weight excluding hydrogens is 308 g/mol. The number of hydrogen-bond acceptors (Lipinski definition) is 6. The second kappa shape index (κ2) is 5.84. The average molecular weight is 328 g/mol. The number of nitrogens with zero attached hydrogens (tertiary/aromatic N) is 2. The number of nitrogens with two attached hydrogens (primary N) is 1. The van der Waals surface area contributed by atoms with E-state index < -0.39 is 15.2 Å². The Balaban J connectivity index is 2.60. The van der Waals surface area contributed by atoms with Crippen molar-refractivity contribution in [3.05, 3.63) is 22.9 Å². The number of anilines is 1. The molecule has 116 valence electrons. The van der Waals surface area contributed by atoms with E-state index in [0.29, 0.717) is 23.7 Å². The van der Waals surface area contributed by atoms with Crippen LogP contribution >= 0.6 is 11.8 Å². The van der Waals surface area contributed by atoms with E-state index >= 15 is 0 Å². The van der Waals surface area contributed by atoms with Crippen molar-refractivity contribution in [2.45, 2.75) is 19.2 Å². The van der Waals surface area contributed by atoms with Gasteiger partial charge in [-0.2, -0.15) is 11.8 Å². The maximum absolute atomic E-state index is 12.1. The van der Waals surface area contributed by atoms with E-state index in [1.807, 2.05) is 19.9 Å². The number of sulfone groups is 1. The van der Waals surface area contributed by atoms with Crippen LogP contribution in [-0.4, -0.2) is 48.9 Å². The summed E-state index contributed by atoms with van der Waals surface area (Å²) < 4.78 is 24.1. The summed E-state index contributed by atoms with van der Waals surface area (Å²) in [6.07, 6.45) is 1.24. The van der Waals surface area contributed by atoms with Crippen LogP contribution in [0.1, 0.15) is 16.8 Å². The minimum absolute atomic E-state index is 0.0829. The van der Waals surface area contributed by atoms with Gasteiger partial charge in [0.1, 0.15) is 17.0 Å². The molecule has 1 unspecified atom stereocenters. The van der Waals surface area contributed by atoms with Gasteiger partial charge in [-0.05, 0) is 25.5 Å². The molecule has 0 amide bonds. The highest BCUT2D eigenvalue weighted by atomic mass is 32.2. The Kier molecular flexibility index (Phi) is 4.48. The van der Waals surface area contributed by atoms with Gasteiger partial charge in [-0.1, -0.05) is 0 Å². The molecule has 0 spiro atoms. The number of thioether (sulfide) groups is 1. The molecule has 1 fully saturated rings. The fourth-order valence-electron chi connectivity index (χ4n) is 2.54. The first-order valence-corrected chi connectivity index (χ1v) is 9.68. The Morgan fingerprint density at radius 1 is 1.52 bits per heavy atom. The molecule has 8 heteroatoms. The van der Waals surface area contributed by atoms with Crippen LogP contribution in [0.15, 0.2) is 6.07 Å². The van der Waals surface area contributed by atoms with Crippen molar-refractivity contribution in [1.29, 1.82) is 5.41 Å². The molecule has 0 bridgehead atoms. The number of aryl methyl sites for hydroxylation is 2. The Hall–Kier alpha value is -1.28. The maximum Gasteiger partial charge on any atom is 0.169 e. The third-order valence-corrected chi connectivity index (χ3v) is 6.09. The standard InChI is InChI=1S/C13H20N4O2S2/c1-8-6-9(2)16-13(11(8)12(14)15)17-4-5-20-7-10(17)21(3,18)19/h6,10H,4-5,7H2,1-3H3,(H3,14,15). The van der Waals surface area contributed by atoms with Crippen molar-refractivity contribution in [1.82, 2.24) is 4.98 Å². The number of nitrogens with one attached hydrogen (secondary N) is 1. The molecule has 1 aliphatic heterocycles. The van der Waals surface area contributed by atoms with E-state index in [2.05, 4.69) is 4.98 Å². The van der Waals surface area contributed by atoms with E-state index in [-0.39, 0.29) is 5.84 Å². The van der Waals surface area contributed by atoms with Crippen LogP contribution in [0.2, 0.25) is 0 Å². The van der Waals surface area contributed by atoms with Crippen LogP contribution in [0.3, 0.4) is 0 Å². The number of aromatic nitrogens is 1. The molecule has 1 aromatic rings. The van der Waals surface area contributed by atoms with E-state index in [1.165, 1.54) is 6.26 Å². The van der Waals surface area contributed by atoms with Crippen LogP contribution in [0.5, 0.6) is 0 Å². The predicted octanol–water partition coefficient (Wildman–Crippen LogP) is 0.906. The van der Waals surface area contributed by atoms with E-state index in [4.69, 9.17) is 11.1 Å². The highest BCUT2D eigenvalue weighted by molar-refractivity contribution is 8.01. The number of amidine groups is 1. The van der Waals surface area contributed by atoms with Crippen LogP contribution in [-0.2, 0) is 9.84 Å². The lowest BCUT2D eigenvalue weighted by molar-refractivity contribution is 0.583. The van der Waals surface area contributed by atoms with Crippen LogP contribution < -0.4 is 10.6 Å². The summed E-state index contributed by atoms with van der Waals surface area (Å²) in [7, 11) is -3.24. The smallest absolute Gasteiger partial charge is 0.169 e. The fourth-order valence-corrected chi connectivity index (χ4v) is 5.35. The third-order valence-electron chi connectivity index (χ3n) is 3.45. The van der Waals surface area contributed by atoms with Gasteiger partial charge >= 0.3 is 0 Å². The van der Waals surface area contributed by atoms with E-state index in [0.717, 1.165) is 17.0 Å². The van der Waals surface area contributed by atoms with E-state index in [9.17, 15) is 8.42 Å². The Morgan fingerprint density at radius 3 is 2.76 bits per heavy atom. The van der Waals surface area contributed by atoms with Crippen molar-refractivity contribution in [3.8, 4) is 0 Å². The van der Waals surface area contributed by atoms with E-state index in [1.54, 1.807) is 16.7 Å². The molecule has 1 aliphatic rings. The number of nitrogen functional groups attached to an aromatic ring is 1. The zero-order chi connectivity index (χ0) is 15.8. The van der Waals surface area contributed by atoms with Crippen molar-refractivity contribution in [2.24, 2.45) is 5.73 Å². The highest BCUT2D eigenvalue weighted by Crippen LogP contribution is 2.29. The van der Waals surface area contributed by atoms with Gasteiger partial charge in [-0.15, -0.1) is 0 Å². The van der Waals surface area contributed by atoms with Crippen molar-refractivity contribution >= 4 is 33.3 Å². The molecule has 0 aromatic carbocycles. The summed E-state index contributed by atoms with van der Waals surface area (Å²) in [5.41, 5.74) is 7.85. The quantitative estimate of drug-likeness (QED) is 0.632. The maximum atomic E-state index is 12.1. The largest absolute Gasteiger partial charge is 0.384 e. The molecule has 0 radical (unpaired) electrons. The lowest BCUT2D eigenvalue weighted by Gasteiger charge is -2.36. The van der Waals surface area contributed by atoms with Crippen LogP contribution in [0, 0.1) is 19.3 Å². The van der Waals surface area contributed by atoms with Gasteiger partial charge < -0.3 is 10.6 Å². The molecule has 1 atom stereocenters. The molecular formula is C13H20N4O2S2. The molecule has 6 nitrogen and oxygen atoms in total. The number of hydrogen-bond donors (Lipinski definition) is 2. The normalized spacial score (nSPS) is 19.6. The first-order chi connectivity index (χ1) is 9.71. The SMILES string of the molecule is Cc1cc(C)c(C(=N)N)c(N2CCSCC2S(C)(=O)=O)n1. The van der Waals surface area contributed by atoms with Crippen LogP contribution in [0.4, 0.5) is 5.82 Å². The molecule has 0 aliphatic carbocycles. The molecule has 21 heavy (non-hydrogen) atoms. The monoisotopic (exact) mass is 328 g/mol. The summed E-state index contributed by atoms with van der Waals surface area (Å²) in [6, 6.07) is 1.86. The van der Waals surface area contributed by atoms with Gasteiger partial charge in [-0.3, -0.25) is 5.41 Å². The zero-order valence-electron chi connectivity index (χ0n) is 12.4. The first kappa shape index (κ1) is 16.1. The Morgan fingerprint density at radius 2 is 2.19 bits per heavy atom. The van der Waals surface area contributed by atoms with Crippen molar-refractivity contribution in [3.63, 3.8) is 0 Å². The summed E-state index contributed by atoms with van der Waals surface area (Å²) in [5.74, 6) is 1.76. The molecule has 1 aromatic heterocycles. The molecule has 2 rings (SSSR count). The summed E-state index contributed by atoms with van der Waals surface area (Å²) in [6.45, 7) is 4.30. The minimum atomic E-state index is -3.24. The van der Waals surface area contributed by atoms with Gasteiger partial charge in [0.05, 0.1) is 5.56 Å². The summed E-state index contributed by atoms with van der Waals surface area (Å²) in [4.78, 5) is 6.25. The van der Waals surface area contributed by atoms with Crippen molar-refractivity contribution < 1.29 is 8.42 Å². The molecule has 3 N–H and O–H groups in total. The fraction of sp³-hybridized carbons (Fsp3) is 0.538. The third kappa shape index (κ3) is 3.32. The second-order valence-electron chi connectivity index (χ2n) is 5.25. The Bertz CT molecular complexity index is 673. The highest BCUT2D eigenvalue weighted by Gasteiger charge is 2.33. The van der Waals surface area contributed by atoms with Gasteiger partial charge in [0, 0.05) is 30.0 Å². The van der Waals surface area contributed by atoms with Gasteiger partial charge in [-0.25, -0.2) is 13.4 Å². The molecule has 2 heterocycles. The predicted molar refractivity (Wildman–Crippen MR) is 88.0 cm³/mol. The van der Waals surface area contributed by atoms with Gasteiger partial charge in [0.15, 0.2) is 9.84 Å². The minimum Gasteiger partial charge on any atom is -0.384 e. The van der Waals surface area contributed by atoms with Crippen LogP contribution in [0.25, 0.3) is 0 Å². The van der Waals surface area contributed by atoms with Gasteiger partial charge in [0.2, 0.25) is 0 Å². The van der Waals surface area contributed by atoms with Crippen molar-refractivity contribution in [2.75, 3.05) is 29.2 Å². The second-order valence-corrected chi connectivity index (χ2v) is 8.60. The topological polar surface area (TPSA) is 100 Å². The number of rotatable bonds is 3. The Labute approximate surface area is 129 Å². The number of pyridine rings is 1. The lowest BCUT2D eigenvalue weighted by Crippen LogP contribution is -2.48. The zero-order valence-corrected chi connectivity index (χ0v) is 14.0. The molecule has 0 saturated carbocycles. The van der Waals surface area contributed by atoms with Gasteiger partial charge in [0.25, 0.3) is 0 Å². The average Bonchev–Trinajstić information content (AvgIpc) is 2.36. The first-order valence-electron chi connectivity index (χ1n) is 6.57. The summed E-state index contributed by atoms with van der Waals surface area (Å²) in [5, 5.41) is 7.16. The molecule has 1 saturated heterocycles.